The van der Waals surface area contributed by atoms with Gasteiger partial charge >= 0.3 is 0 Å². The van der Waals surface area contributed by atoms with Gasteiger partial charge in [-0.3, -0.25) is 4.90 Å². The first-order valence-electron chi connectivity index (χ1n) is 6.27. The average Bonchev–Trinajstić information content (AvgIpc) is 2.37. The molecule has 0 amide bonds. The Labute approximate surface area is 108 Å². The van der Waals surface area contributed by atoms with Crippen molar-refractivity contribution in [3.05, 3.63) is 35.6 Å². The number of nitrogens with zero attached hydrogens (tertiary/aromatic N) is 1. The molecule has 0 aliphatic carbocycles. The molecule has 0 radical (unpaired) electrons. The molecule has 0 saturated carbocycles. The zero-order valence-corrected chi connectivity index (χ0v) is 10.6. The minimum Gasteiger partial charge on any atom is -0.396 e. The van der Waals surface area contributed by atoms with Crippen molar-refractivity contribution in [3.8, 4) is 12.3 Å². The number of hydrogen-bond acceptors (Lipinski definition) is 2. The summed E-state index contributed by atoms with van der Waals surface area (Å²) in [6.07, 6.45) is 8.20. The van der Waals surface area contributed by atoms with E-state index in [9.17, 15) is 4.39 Å². The van der Waals surface area contributed by atoms with E-state index in [-0.39, 0.29) is 12.4 Å². The molecule has 1 N–H and O–H groups in total. The summed E-state index contributed by atoms with van der Waals surface area (Å²) in [7, 11) is 0. The monoisotopic (exact) mass is 249 g/mol. The minimum absolute atomic E-state index is 0.217. The van der Waals surface area contributed by atoms with Gasteiger partial charge in [0.05, 0.1) is 6.54 Å². The van der Waals surface area contributed by atoms with Gasteiger partial charge in [0.25, 0.3) is 0 Å². The summed E-state index contributed by atoms with van der Waals surface area (Å²) in [6.45, 7) is 2.48. The quantitative estimate of drug-likeness (QED) is 0.565. The summed E-state index contributed by atoms with van der Waals surface area (Å²) >= 11 is 0. The number of halogens is 1. The van der Waals surface area contributed by atoms with Crippen LogP contribution in [0.2, 0.25) is 0 Å². The molecule has 0 fully saturated rings. The van der Waals surface area contributed by atoms with Gasteiger partial charge in [0, 0.05) is 13.2 Å². The molecule has 2 nitrogen and oxygen atoms in total. The molecule has 1 aromatic carbocycles. The number of aliphatic hydroxyl groups excluding tert-OH is 1. The van der Waals surface area contributed by atoms with Gasteiger partial charge in [0.15, 0.2) is 0 Å². The second-order valence-corrected chi connectivity index (χ2v) is 4.33. The lowest BCUT2D eigenvalue weighted by atomic mass is 10.2. The number of hydrogen-bond donors (Lipinski definition) is 1. The van der Waals surface area contributed by atoms with Crippen LogP contribution in [0, 0.1) is 18.2 Å². The lowest BCUT2D eigenvalue weighted by Gasteiger charge is -2.19. The minimum atomic E-state index is -0.217. The van der Waals surface area contributed by atoms with Crippen molar-refractivity contribution in [2.75, 3.05) is 19.7 Å². The van der Waals surface area contributed by atoms with Crippen molar-refractivity contribution in [2.45, 2.75) is 25.8 Å². The highest BCUT2D eigenvalue weighted by Crippen LogP contribution is 2.08. The van der Waals surface area contributed by atoms with Crippen molar-refractivity contribution in [2.24, 2.45) is 0 Å². The summed E-state index contributed by atoms with van der Waals surface area (Å²) in [5.74, 6) is 2.43. The van der Waals surface area contributed by atoms with Crippen LogP contribution >= 0.6 is 0 Å². The Morgan fingerprint density at radius 3 is 2.50 bits per heavy atom. The number of aliphatic hydroxyl groups is 1. The molecule has 0 atom stereocenters. The van der Waals surface area contributed by atoms with Crippen LogP contribution in [-0.2, 0) is 6.54 Å². The van der Waals surface area contributed by atoms with Crippen molar-refractivity contribution in [1.82, 2.24) is 4.90 Å². The van der Waals surface area contributed by atoms with E-state index < -0.39 is 0 Å². The van der Waals surface area contributed by atoms with Crippen LogP contribution in [0.15, 0.2) is 24.3 Å². The zero-order chi connectivity index (χ0) is 13.2. The van der Waals surface area contributed by atoms with Gasteiger partial charge < -0.3 is 5.11 Å². The van der Waals surface area contributed by atoms with Crippen LogP contribution in [0.4, 0.5) is 4.39 Å². The molecular weight excluding hydrogens is 229 g/mol. The first-order chi connectivity index (χ1) is 8.76. The number of rotatable bonds is 8. The maximum absolute atomic E-state index is 12.8. The second kappa shape index (κ2) is 8.68. The fourth-order valence-electron chi connectivity index (χ4n) is 1.82. The number of benzene rings is 1. The highest BCUT2D eigenvalue weighted by atomic mass is 19.1. The highest BCUT2D eigenvalue weighted by Gasteiger charge is 2.04. The Morgan fingerprint density at radius 2 is 1.89 bits per heavy atom. The van der Waals surface area contributed by atoms with E-state index in [4.69, 9.17) is 11.5 Å². The molecular formula is C15H20FNO. The Hall–Kier alpha value is -1.37. The topological polar surface area (TPSA) is 23.5 Å². The van der Waals surface area contributed by atoms with Crippen LogP contribution in [0.3, 0.4) is 0 Å². The van der Waals surface area contributed by atoms with Crippen molar-refractivity contribution < 1.29 is 9.50 Å². The predicted molar refractivity (Wildman–Crippen MR) is 71.4 cm³/mol. The van der Waals surface area contributed by atoms with Crippen molar-refractivity contribution in [3.63, 3.8) is 0 Å². The summed E-state index contributed by atoms with van der Waals surface area (Å²) in [5.41, 5.74) is 1.06. The van der Waals surface area contributed by atoms with Crippen LogP contribution in [0.1, 0.15) is 24.8 Å². The van der Waals surface area contributed by atoms with Gasteiger partial charge in [-0.25, -0.2) is 4.39 Å². The molecule has 98 valence electrons. The lowest BCUT2D eigenvalue weighted by Crippen LogP contribution is -2.24. The van der Waals surface area contributed by atoms with E-state index in [1.54, 1.807) is 12.1 Å². The molecule has 18 heavy (non-hydrogen) atoms. The van der Waals surface area contributed by atoms with Crippen LogP contribution in [-0.4, -0.2) is 29.7 Å². The molecule has 0 aliphatic rings. The van der Waals surface area contributed by atoms with Gasteiger partial charge in [-0.1, -0.05) is 18.1 Å². The largest absolute Gasteiger partial charge is 0.396 e. The van der Waals surface area contributed by atoms with Gasteiger partial charge in [-0.05, 0) is 43.5 Å². The normalized spacial score (nSPS) is 10.6. The summed E-state index contributed by atoms with van der Waals surface area (Å²) in [5, 5.41) is 8.71. The summed E-state index contributed by atoms with van der Waals surface area (Å²) in [6, 6.07) is 6.50. The van der Waals surface area contributed by atoms with E-state index in [1.807, 2.05) is 0 Å². The number of unbranched alkanes of at least 4 members (excludes halogenated alkanes) is 2. The third kappa shape index (κ3) is 5.81. The average molecular weight is 249 g/mol. The molecule has 0 aliphatic heterocycles. The number of terminal acetylenes is 1. The van der Waals surface area contributed by atoms with Crippen LogP contribution in [0.25, 0.3) is 0 Å². The smallest absolute Gasteiger partial charge is 0.123 e. The van der Waals surface area contributed by atoms with Gasteiger partial charge in [0.1, 0.15) is 5.82 Å². The fraction of sp³-hybridized carbons (Fsp3) is 0.467. The third-order valence-electron chi connectivity index (χ3n) is 2.77. The third-order valence-corrected chi connectivity index (χ3v) is 2.77. The van der Waals surface area contributed by atoms with E-state index in [0.29, 0.717) is 6.54 Å². The van der Waals surface area contributed by atoms with Gasteiger partial charge in [-0.2, -0.15) is 0 Å². The molecule has 1 aromatic rings. The first-order valence-corrected chi connectivity index (χ1v) is 6.27. The molecule has 0 unspecified atom stereocenters. The van der Waals surface area contributed by atoms with Gasteiger partial charge in [-0.15, -0.1) is 6.42 Å². The van der Waals surface area contributed by atoms with E-state index in [2.05, 4.69) is 10.8 Å². The maximum Gasteiger partial charge on any atom is 0.123 e. The van der Waals surface area contributed by atoms with Crippen LogP contribution in [0.5, 0.6) is 0 Å². The van der Waals surface area contributed by atoms with Crippen LogP contribution < -0.4 is 0 Å². The van der Waals surface area contributed by atoms with Crippen molar-refractivity contribution >= 4 is 0 Å². The fourth-order valence-corrected chi connectivity index (χ4v) is 1.82. The molecule has 3 heteroatoms. The van der Waals surface area contributed by atoms with Crippen molar-refractivity contribution in [1.29, 1.82) is 0 Å². The maximum atomic E-state index is 12.8. The summed E-state index contributed by atoms with van der Waals surface area (Å²) in [4.78, 5) is 2.16. The van der Waals surface area contributed by atoms with E-state index >= 15 is 0 Å². The highest BCUT2D eigenvalue weighted by molar-refractivity contribution is 5.16. The van der Waals surface area contributed by atoms with E-state index in [1.165, 1.54) is 12.1 Å². The molecule has 0 heterocycles. The molecule has 0 spiro atoms. The first kappa shape index (κ1) is 14.7. The second-order valence-electron chi connectivity index (χ2n) is 4.33. The Bertz CT molecular complexity index is 369. The zero-order valence-electron chi connectivity index (χ0n) is 10.6. The van der Waals surface area contributed by atoms with E-state index in [0.717, 1.165) is 37.9 Å². The molecule has 1 rings (SSSR count). The molecule has 0 bridgehead atoms. The molecule has 0 aromatic heterocycles. The van der Waals surface area contributed by atoms with Gasteiger partial charge in [0.2, 0.25) is 0 Å². The predicted octanol–water partition coefficient (Wildman–Crippen LogP) is 2.42. The lowest BCUT2D eigenvalue weighted by molar-refractivity contribution is 0.263. The SMILES string of the molecule is C#CCN(CCCCCO)Cc1ccc(F)cc1. The Kier molecular flexibility index (Phi) is 7.09. The molecule has 0 saturated heterocycles. The summed E-state index contributed by atoms with van der Waals surface area (Å²) < 4.78 is 12.8. The standard InChI is InChI=1S/C15H20FNO/c1-2-10-17(11-4-3-5-12-18)13-14-6-8-15(16)9-7-14/h1,6-9,18H,3-5,10-13H2. The Morgan fingerprint density at radius 1 is 1.17 bits per heavy atom. The Balaban J connectivity index is 2.42.